The Morgan fingerprint density at radius 2 is 1.44 bits per heavy atom. The summed E-state index contributed by atoms with van der Waals surface area (Å²) in [7, 11) is 0. The van der Waals surface area contributed by atoms with Crippen LogP contribution in [0.4, 0.5) is 26.3 Å². The maximum Gasteiger partial charge on any atom is 0.416 e. The summed E-state index contributed by atoms with van der Waals surface area (Å²) in [6.45, 7) is 2.45. The molecule has 34 heavy (non-hydrogen) atoms. The first-order chi connectivity index (χ1) is 15.6. The Morgan fingerprint density at radius 1 is 0.941 bits per heavy atom. The SMILES string of the molecule is CC(C)(C(=O)NC1(c2ccccc2)CCC(=O)C(O)C1)c1cc(C(F)(F)F)cc(C(F)(F)F)c1. The first kappa shape index (κ1) is 25.7. The Balaban J connectivity index is 2.05. The van der Waals surface area contributed by atoms with Gasteiger partial charge in [-0.1, -0.05) is 30.3 Å². The van der Waals surface area contributed by atoms with Crippen molar-refractivity contribution in [1.82, 2.24) is 5.32 Å². The van der Waals surface area contributed by atoms with Crippen LogP contribution in [0.3, 0.4) is 0 Å². The molecule has 2 aromatic carbocycles. The lowest BCUT2D eigenvalue weighted by Gasteiger charge is -2.42. The van der Waals surface area contributed by atoms with E-state index in [9.17, 15) is 41.0 Å². The number of carbonyl (C=O) groups excluding carboxylic acids is 2. The zero-order chi connectivity index (χ0) is 25.5. The van der Waals surface area contributed by atoms with Crippen LogP contribution < -0.4 is 5.32 Å². The standard InChI is InChI=1S/C24H23F6NO3/c1-21(2,15-10-16(23(25,26)27)12-17(11-15)24(28,29)30)20(34)31-22(14-6-4-3-5-7-14)9-8-18(32)19(33)13-22/h3-7,10-12,19,33H,8-9,13H2,1-2H3,(H,31,34). The van der Waals surface area contributed by atoms with E-state index in [2.05, 4.69) is 5.32 Å². The summed E-state index contributed by atoms with van der Waals surface area (Å²) < 4.78 is 80.0. The second-order valence-electron chi connectivity index (χ2n) is 9.01. The third-order valence-electron chi connectivity index (χ3n) is 6.27. The third-order valence-corrected chi connectivity index (χ3v) is 6.27. The zero-order valence-electron chi connectivity index (χ0n) is 18.3. The van der Waals surface area contributed by atoms with Gasteiger partial charge in [-0.15, -0.1) is 0 Å². The van der Waals surface area contributed by atoms with Gasteiger partial charge in [-0.2, -0.15) is 26.3 Å². The topological polar surface area (TPSA) is 66.4 Å². The molecule has 1 amide bonds. The summed E-state index contributed by atoms with van der Waals surface area (Å²) in [5.41, 5.74) is -5.98. The molecule has 2 aromatic rings. The Labute approximate surface area is 192 Å². The van der Waals surface area contributed by atoms with Crippen LogP contribution in [-0.4, -0.2) is 22.9 Å². The Morgan fingerprint density at radius 3 is 1.91 bits per heavy atom. The van der Waals surface area contributed by atoms with Crippen LogP contribution >= 0.6 is 0 Å². The molecular weight excluding hydrogens is 464 g/mol. The average Bonchev–Trinajstić information content (AvgIpc) is 2.75. The van der Waals surface area contributed by atoms with Crippen molar-refractivity contribution in [2.24, 2.45) is 0 Å². The molecule has 1 aliphatic carbocycles. The number of Topliss-reactive ketones (excluding diaryl/α,β-unsaturated/α-hetero) is 1. The van der Waals surface area contributed by atoms with Crippen molar-refractivity contribution < 1.29 is 41.0 Å². The van der Waals surface area contributed by atoms with E-state index in [1.165, 1.54) is 13.8 Å². The van der Waals surface area contributed by atoms with Gasteiger partial charge in [-0.05, 0) is 49.6 Å². The highest BCUT2D eigenvalue weighted by molar-refractivity contribution is 5.89. The molecular formula is C24H23F6NO3. The molecule has 0 radical (unpaired) electrons. The van der Waals surface area contributed by atoms with E-state index in [0.717, 1.165) is 0 Å². The van der Waals surface area contributed by atoms with Gasteiger partial charge in [0, 0.05) is 12.8 Å². The van der Waals surface area contributed by atoms with Gasteiger partial charge < -0.3 is 10.4 Å². The summed E-state index contributed by atoms with van der Waals surface area (Å²) in [4.78, 5) is 25.3. The van der Waals surface area contributed by atoms with Crippen LogP contribution in [0.25, 0.3) is 0 Å². The van der Waals surface area contributed by atoms with E-state index < -0.39 is 57.8 Å². The van der Waals surface area contributed by atoms with Crippen LogP contribution in [0.1, 0.15) is 55.4 Å². The van der Waals surface area contributed by atoms with Crippen LogP contribution in [0.5, 0.6) is 0 Å². The summed E-state index contributed by atoms with van der Waals surface area (Å²) in [5.74, 6) is -1.25. The fourth-order valence-corrected chi connectivity index (χ4v) is 4.07. The summed E-state index contributed by atoms with van der Waals surface area (Å²) in [6, 6.07) is 9.48. The number of rotatable bonds is 4. The first-order valence-corrected chi connectivity index (χ1v) is 10.5. The minimum atomic E-state index is -5.05. The number of halogens is 6. The predicted octanol–water partition coefficient (Wildman–Crippen LogP) is 5.13. The molecule has 10 heteroatoms. The normalized spacial score (nSPS) is 21.9. The molecule has 184 valence electrons. The van der Waals surface area contributed by atoms with E-state index in [0.29, 0.717) is 17.7 Å². The van der Waals surface area contributed by atoms with Crippen LogP contribution in [-0.2, 0) is 32.9 Å². The third kappa shape index (κ3) is 5.11. The van der Waals surface area contributed by atoms with Gasteiger partial charge in [0.1, 0.15) is 6.10 Å². The second-order valence-corrected chi connectivity index (χ2v) is 9.01. The monoisotopic (exact) mass is 487 g/mol. The highest BCUT2D eigenvalue weighted by Gasteiger charge is 2.46. The molecule has 2 atom stereocenters. The number of alkyl halides is 6. The molecule has 0 spiro atoms. The molecule has 0 aliphatic heterocycles. The fraction of sp³-hybridized carbons (Fsp3) is 0.417. The molecule has 1 fully saturated rings. The van der Waals surface area contributed by atoms with E-state index in [4.69, 9.17) is 0 Å². The average molecular weight is 487 g/mol. The van der Waals surface area contributed by atoms with Crippen LogP contribution in [0.15, 0.2) is 48.5 Å². The molecule has 4 nitrogen and oxygen atoms in total. The highest BCUT2D eigenvalue weighted by Crippen LogP contribution is 2.41. The number of ketones is 1. The van der Waals surface area contributed by atoms with E-state index in [1.54, 1.807) is 30.3 Å². The molecule has 3 rings (SSSR count). The lowest BCUT2D eigenvalue weighted by atomic mass is 9.73. The quantitative estimate of drug-likeness (QED) is 0.588. The number of aliphatic hydroxyl groups is 1. The van der Waals surface area contributed by atoms with Crippen molar-refractivity contribution in [2.45, 2.75) is 62.5 Å². The van der Waals surface area contributed by atoms with E-state index in [-0.39, 0.29) is 25.3 Å². The minimum Gasteiger partial charge on any atom is -0.385 e. The fourth-order valence-electron chi connectivity index (χ4n) is 4.07. The number of aliphatic hydroxyl groups excluding tert-OH is 1. The van der Waals surface area contributed by atoms with Crippen molar-refractivity contribution >= 4 is 11.7 Å². The lowest BCUT2D eigenvalue weighted by Crippen LogP contribution is -2.56. The molecule has 1 saturated carbocycles. The lowest BCUT2D eigenvalue weighted by molar-refractivity contribution is -0.143. The summed E-state index contributed by atoms with van der Waals surface area (Å²) >= 11 is 0. The van der Waals surface area contributed by atoms with Gasteiger partial charge in [0.2, 0.25) is 5.91 Å². The van der Waals surface area contributed by atoms with Gasteiger partial charge in [0.25, 0.3) is 0 Å². The summed E-state index contributed by atoms with van der Waals surface area (Å²) in [6.07, 6.45) is -11.6. The van der Waals surface area contributed by atoms with Gasteiger partial charge in [0.05, 0.1) is 22.1 Å². The number of nitrogens with one attached hydrogen (secondary N) is 1. The Bertz CT molecular complexity index is 1050. The predicted molar refractivity (Wildman–Crippen MR) is 111 cm³/mol. The van der Waals surface area contributed by atoms with Crippen LogP contribution in [0.2, 0.25) is 0 Å². The zero-order valence-corrected chi connectivity index (χ0v) is 18.3. The van der Waals surface area contributed by atoms with Gasteiger partial charge in [0.15, 0.2) is 5.78 Å². The van der Waals surface area contributed by atoms with Crippen molar-refractivity contribution in [3.05, 3.63) is 70.8 Å². The smallest absolute Gasteiger partial charge is 0.385 e. The van der Waals surface area contributed by atoms with Crippen molar-refractivity contribution in [3.63, 3.8) is 0 Å². The molecule has 0 heterocycles. The molecule has 0 bridgehead atoms. The number of hydrogen-bond donors (Lipinski definition) is 2. The molecule has 0 saturated heterocycles. The highest BCUT2D eigenvalue weighted by atomic mass is 19.4. The molecule has 0 aromatic heterocycles. The Kier molecular flexibility index (Phi) is 6.60. The largest absolute Gasteiger partial charge is 0.416 e. The van der Waals surface area contributed by atoms with E-state index in [1.807, 2.05) is 0 Å². The van der Waals surface area contributed by atoms with Gasteiger partial charge >= 0.3 is 12.4 Å². The number of carbonyl (C=O) groups is 2. The maximum atomic E-state index is 13.4. The molecule has 2 N–H and O–H groups in total. The minimum absolute atomic E-state index is 0.00600. The van der Waals surface area contributed by atoms with Crippen molar-refractivity contribution in [1.29, 1.82) is 0 Å². The summed E-state index contributed by atoms with van der Waals surface area (Å²) in [5, 5.41) is 12.9. The van der Waals surface area contributed by atoms with Gasteiger partial charge in [-0.3, -0.25) is 9.59 Å². The van der Waals surface area contributed by atoms with E-state index >= 15 is 0 Å². The molecule has 2 unspecified atom stereocenters. The second kappa shape index (κ2) is 8.72. The van der Waals surface area contributed by atoms with Crippen molar-refractivity contribution in [3.8, 4) is 0 Å². The molecule has 1 aliphatic rings. The van der Waals surface area contributed by atoms with Crippen molar-refractivity contribution in [2.75, 3.05) is 0 Å². The number of hydrogen-bond acceptors (Lipinski definition) is 3. The number of amides is 1. The van der Waals surface area contributed by atoms with Gasteiger partial charge in [-0.25, -0.2) is 0 Å². The number of benzene rings is 2. The Hall–Kier alpha value is -2.88. The maximum absolute atomic E-state index is 13.4. The van der Waals surface area contributed by atoms with Crippen LogP contribution in [0, 0.1) is 0 Å². The first-order valence-electron chi connectivity index (χ1n) is 10.5.